The van der Waals surface area contributed by atoms with E-state index < -0.39 is 18.0 Å². The molecule has 0 saturated heterocycles. The van der Waals surface area contributed by atoms with E-state index in [9.17, 15) is 18.4 Å². The third-order valence-electron chi connectivity index (χ3n) is 4.07. The van der Waals surface area contributed by atoms with Crippen LogP contribution in [0.2, 0.25) is 0 Å². The van der Waals surface area contributed by atoms with Gasteiger partial charge in [-0.25, -0.2) is 4.98 Å². The molecule has 27 heavy (non-hydrogen) atoms. The van der Waals surface area contributed by atoms with Crippen LogP contribution in [0.4, 0.5) is 13.2 Å². The quantitative estimate of drug-likeness (QED) is 0.662. The molecule has 0 saturated carbocycles. The zero-order valence-corrected chi connectivity index (χ0v) is 15.3. The van der Waals surface area contributed by atoms with E-state index in [1.807, 2.05) is 43.4 Å². The summed E-state index contributed by atoms with van der Waals surface area (Å²) >= 11 is 0. The maximum Gasteiger partial charge on any atom is 0.433 e. The van der Waals surface area contributed by atoms with Gasteiger partial charge in [0.25, 0.3) is 0 Å². The highest BCUT2D eigenvalue weighted by atomic mass is 19.4. The molecule has 2 aromatic rings. The van der Waals surface area contributed by atoms with E-state index in [1.165, 1.54) is 0 Å². The van der Waals surface area contributed by atoms with E-state index in [0.29, 0.717) is 13.0 Å². The van der Waals surface area contributed by atoms with Crippen LogP contribution in [0.3, 0.4) is 0 Å². The summed E-state index contributed by atoms with van der Waals surface area (Å²) in [5.74, 6) is -0.292. The zero-order valence-electron chi connectivity index (χ0n) is 15.3. The van der Waals surface area contributed by atoms with Gasteiger partial charge in [0.1, 0.15) is 23.4 Å². The SMILES string of the molecule is CCCN(C)CC[C@@H](Oc1nc(C(F)(F)F)ccc1C#N)c1ccccc1. The van der Waals surface area contributed by atoms with Crippen LogP contribution in [0.5, 0.6) is 5.88 Å². The number of hydrogen-bond acceptors (Lipinski definition) is 4. The molecule has 0 aliphatic heterocycles. The van der Waals surface area contributed by atoms with Gasteiger partial charge in [0, 0.05) is 13.0 Å². The maximum absolute atomic E-state index is 13.0. The predicted molar refractivity (Wildman–Crippen MR) is 96.2 cm³/mol. The van der Waals surface area contributed by atoms with Crippen LogP contribution < -0.4 is 4.74 Å². The van der Waals surface area contributed by atoms with Crippen molar-refractivity contribution in [3.05, 3.63) is 59.3 Å². The minimum atomic E-state index is -4.60. The molecule has 7 heteroatoms. The topological polar surface area (TPSA) is 49.1 Å². The monoisotopic (exact) mass is 377 g/mol. The smallest absolute Gasteiger partial charge is 0.433 e. The van der Waals surface area contributed by atoms with E-state index >= 15 is 0 Å². The summed E-state index contributed by atoms with van der Waals surface area (Å²) in [6.07, 6.45) is -3.55. The van der Waals surface area contributed by atoms with Gasteiger partial charge in [0.05, 0.1) is 0 Å². The molecule has 1 aromatic heterocycles. The lowest BCUT2D eigenvalue weighted by Crippen LogP contribution is -2.24. The van der Waals surface area contributed by atoms with Crippen molar-refractivity contribution >= 4 is 0 Å². The van der Waals surface area contributed by atoms with Gasteiger partial charge in [-0.3, -0.25) is 0 Å². The van der Waals surface area contributed by atoms with Crippen molar-refractivity contribution in [2.75, 3.05) is 20.1 Å². The fourth-order valence-corrected chi connectivity index (χ4v) is 2.70. The van der Waals surface area contributed by atoms with Crippen molar-refractivity contribution in [1.29, 1.82) is 5.26 Å². The lowest BCUT2D eigenvalue weighted by atomic mass is 10.1. The van der Waals surface area contributed by atoms with Crippen LogP contribution in [0.1, 0.15) is 42.7 Å². The number of benzene rings is 1. The van der Waals surface area contributed by atoms with Gasteiger partial charge in [-0.2, -0.15) is 18.4 Å². The number of pyridine rings is 1. The Bertz CT molecular complexity index is 772. The summed E-state index contributed by atoms with van der Waals surface area (Å²) in [5.41, 5.74) is -0.275. The van der Waals surface area contributed by atoms with Gasteiger partial charge in [-0.1, -0.05) is 37.3 Å². The van der Waals surface area contributed by atoms with Crippen molar-refractivity contribution in [3.8, 4) is 11.9 Å². The Labute approximate surface area is 157 Å². The summed E-state index contributed by atoms with van der Waals surface area (Å²) in [6, 6.07) is 13.0. The molecule has 0 unspecified atom stereocenters. The summed E-state index contributed by atoms with van der Waals surface area (Å²) in [7, 11) is 1.98. The molecule has 0 bridgehead atoms. The first-order valence-electron chi connectivity index (χ1n) is 8.73. The molecule has 144 valence electrons. The molecule has 0 radical (unpaired) electrons. The third kappa shape index (κ3) is 5.97. The minimum Gasteiger partial charge on any atom is -0.468 e. The van der Waals surface area contributed by atoms with E-state index in [-0.39, 0.29) is 11.4 Å². The predicted octanol–water partition coefficient (Wildman–Crippen LogP) is 4.82. The lowest BCUT2D eigenvalue weighted by molar-refractivity contribution is -0.141. The maximum atomic E-state index is 13.0. The molecule has 0 aliphatic carbocycles. The average Bonchev–Trinajstić information content (AvgIpc) is 2.65. The molecule has 0 spiro atoms. The van der Waals surface area contributed by atoms with Crippen LogP contribution in [0, 0.1) is 11.3 Å². The zero-order chi connectivity index (χ0) is 19.9. The number of nitrogens with zero attached hydrogens (tertiary/aromatic N) is 3. The van der Waals surface area contributed by atoms with Gasteiger partial charge < -0.3 is 9.64 Å². The van der Waals surface area contributed by atoms with Crippen LogP contribution in [0.25, 0.3) is 0 Å². The first kappa shape index (κ1) is 20.7. The first-order chi connectivity index (χ1) is 12.8. The molecule has 0 N–H and O–H groups in total. The van der Waals surface area contributed by atoms with Crippen LogP contribution in [-0.4, -0.2) is 30.0 Å². The Morgan fingerprint density at radius 3 is 2.44 bits per heavy atom. The van der Waals surface area contributed by atoms with E-state index in [1.54, 1.807) is 0 Å². The second kappa shape index (κ2) is 9.38. The molecule has 0 fully saturated rings. The highest BCUT2D eigenvalue weighted by Crippen LogP contribution is 2.32. The first-order valence-corrected chi connectivity index (χ1v) is 8.73. The number of hydrogen-bond donors (Lipinski definition) is 0. The lowest BCUT2D eigenvalue weighted by Gasteiger charge is -2.23. The van der Waals surface area contributed by atoms with Gasteiger partial charge in [0.15, 0.2) is 0 Å². The van der Waals surface area contributed by atoms with Crippen molar-refractivity contribution in [3.63, 3.8) is 0 Å². The number of alkyl halides is 3. The van der Waals surface area contributed by atoms with E-state index in [4.69, 9.17) is 4.74 Å². The molecule has 0 amide bonds. The molecular formula is C20H22F3N3O. The van der Waals surface area contributed by atoms with Crippen LogP contribution >= 0.6 is 0 Å². The van der Waals surface area contributed by atoms with Crippen LogP contribution in [0.15, 0.2) is 42.5 Å². The van der Waals surface area contributed by atoms with Gasteiger partial charge in [-0.05, 0) is 37.7 Å². The van der Waals surface area contributed by atoms with Gasteiger partial charge in [-0.15, -0.1) is 0 Å². The number of ether oxygens (including phenoxy) is 1. The second-order valence-corrected chi connectivity index (χ2v) is 6.27. The summed E-state index contributed by atoms with van der Waals surface area (Å²) < 4.78 is 44.8. The molecule has 0 aliphatic rings. The average molecular weight is 377 g/mol. The Kier molecular flexibility index (Phi) is 7.19. The number of aromatic nitrogens is 1. The largest absolute Gasteiger partial charge is 0.468 e. The van der Waals surface area contributed by atoms with E-state index in [2.05, 4.69) is 16.8 Å². The highest BCUT2D eigenvalue weighted by Gasteiger charge is 2.33. The Balaban J connectivity index is 2.30. The normalized spacial score (nSPS) is 12.6. The fraction of sp³-hybridized carbons (Fsp3) is 0.400. The molecule has 4 nitrogen and oxygen atoms in total. The van der Waals surface area contributed by atoms with Crippen molar-refractivity contribution < 1.29 is 17.9 Å². The summed E-state index contributed by atoms with van der Waals surface area (Å²) in [4.78, 5) is 5.69. The van der Waals surface area contributed by atoms with Crippen molar-refractivity contribution in [2.45, 2.75) is 32.0 Å². The van der Waals surface area contributed by atoms with Crippen molar-refractivity contribution in [1.82, 2.24) is 9.88 Å². The molecule has 1 aromatic carbocycles. The molecule has 1 atom stereocenters. The standard InChI is InChI=1S/C20H22F3N3O/c1-3-12-26(2)13-11-17(15-7-5-4-6-8-15)27-19-16(14-24)9-10-18(25-19)20(21,22)23/h4-10,17H,3,11-13H2,1-2H3/t17-/m1/s1. The van der Waals surface area contributed by atoms with Crippen LogP contribution in [-0.2, 0) is 6.18 Å². The van der Waals surface area contributed by atoms with Crippen molar-refractivity contribution in [2.24, 2.45) is 0 Å². The minimum absolute atomic E-state index is 0.0224. The fourth-order valence-electron chi connectivity index (χ4n) is 2.70. The third-order valence-corrected chi connectivity index (χ3v) is 4.07. The highest BCUT2D eigenvalue weighted by molar-refractivity contribution is 5.39. The molecular weight excluding hydrogens is 355 g/mol. The molecule has 1 heterocycles. The Hall–Kier alpha value is -2.59. The molecule has 2 rings (SSSR count). The summed E-state index contributed by atoms with van der Waals surface area (Å²) in [6.45, 7) is 3.69. The summed E-state index contributed by atoms with van der Waals surface area (Å²) in [5, 5.41) is 9.22. The van der Waals surface area contributed by atoms with Gasteiger partial charge in [0.2, 0.25) is 5.88 Å². The second-order valence-electron chi connectivity index (χ2n) is 6.27. The van der Waals surface area contributed by atoms with Gasteiger partial charge >= 0.3 is 6.18 Å². The number of rotatable bonds is 8. The number of nitriles is 1. The number of halogens is 3. The Morgan fingerprint density at radius 1 is 1.15 bits per heavy atom. The van der Waals surface area contributed by atoms with E-state index in [0.717, 1.165) is 30.7 Å². The Morgan fingerprint density at radius 2 is 1.85 bits per heavy atom.